The number of hydrogen-bond donors (Lipinski definition) is 1. The van der Waals surface area contributed by atoms with E-state index in [1.807, 2.05) is 0 Å². The highest BCUT2D eigenvalue weighted by molar-refractivity contribution is 7.91. The summed E-state index contributed by atoms with van der Waals surface area (Å²) in [6.07, 6.45) is -0.276. The summed E-state index contributed by atoms with van der Waals surface area (Å²) in [5, 5.41) is 13.8. The third-order valence-electron chi connectivity index (χ3n) is 4.14. The molecule has 0 saturated carbocycles. The molecular formula is C18H17N3O7S2. The molecule has 1 aromatic heterocycles. The number of nitrogens with zero attached hydrogens (tertiary/aromatic N) is 2. The summed E-state index contributed by atoms with van der Waals surface area (Å²) in [4.78, 5) is 27.0. The smallest absolute Gasteiger partial charge is 0.274 e. The molecule has 3 aromatic rings. The highest BCUT2D eigenvalue weighted by atomic mass is 32.2. The van der Waals surface area contributed by atoms with E-state index in [1.54, 1.807) is 0 Å². The number of rotatable bonds is 8. The van der Waals surface area contributed by atoms with Crippen LogP contribution in [0.4, 0.5) is 10.8 Å². The van der Waals surface area contributed by atoms with Gasteiger partial charge in [0.25, 0.3) is 5.69 Å². The molecule has 0 aliphatic heterocycles. The van der Waals surface area contributed by atoms with Crippen LogP contribution in [0.25, 0.3) is 10.2 Å². The van der Waals surface area contributed by atoms with Crippen LogP contribution in [-0.2, 0) is 14.6 Å². The SMILES string of the molecule is COc1ccc(S(=O)(=O)CCC(=O)Nc2nc3c(OC)cc([N+](=O)[O-])cc3s2)cc1. The van der Waals surface area contributed by atoms with E-state index in [4.69, 9.17) is 9.47 Å². The number of benzene rings is 2. The van der Waals surface area contributed by atoms with E-state index in [-0.39, 0.29) is 33.6 Å². The molecule has 12 heteroatoms. The van der Waals surface area contributed by atoms with E-state index in [0.717, 1.165) is 11.3 Å². The Hall–Kier alpha value is -3.25. The number of aromatic nitrogens is 1. The second kappa shape index (κ2) is 8.63. The Balaban J connectivity index is 1.71. The molecule has 0 aliphatic rings. The molecule has 1 N–H and O–H groups in total. The number of non-ortho nitro benzene ring substituents is 1. The molecule has 0 fully saturated rings. The Labute approximate surface area is 175 Å². The van der Waals surface area contributed by atoms with Crippen molar-refractivity contribution in [3.63, 3.8) is 0 Å². The first kappa shape index (κ1) is 21.5. The number of nitro groups is 1. The minimum absolute atomic E-state index is 0.0909. The van der Waals surface area contributed by atoms with Gasteiger partial charge in [0, 0.05) is 12.5 Å². The molecule has 10 nitrogen and oxygen atoms in total. The van der Waals surface area contributed by atoms with Crippen LogP contribution in [-0.4, -0.2) is 44.2 Å². The lowest BCUT2D eigenvalue weighted by molar-refractivity contribution is -0.384. The zero-order valence-electron chi connectivity index (χ0n) is 15.9. The van der Waals surface area contributed by atoms with Crippen LogP contribution in [0.3, 0.4) is 0 Å². The van der Waals surface area contributed by atoms with Gasteiger partial charge in [0.05, 0.1) is 40.6 Å². The number of hydrogen-bond acceptors (Lipinski definition) is 9. The number of carbonyl (C=O) groups excluding carboxylic acids is 1. The minimum Gasteiger partial charge on any atom is -0.497 e. The van der Waals surface area contributed by atoms with Gasteiger partial charge >= 0.3 is 0 Å². The third-order valence-corrected chi connectivity index (χ3v) is 6.79. The molecule has 0 radical (unpaired) electrons. The Morgan fingerprint density at radius 2 is 1.90 bits per heavy atom. The maximum absolute atomic E-state index is 12.4. The van der Waals surface area contributed by atoms with Crippen molar-refractivity contribution in [1.29, 1.82) is 0 Å². The van der Waals surface area contributed by atoms with Gasteiger partial charge in [-0.15, -0.1) is 0 Å². The first-order chi connectivity index (χ1) is 14.2. The topological polar surface area (TPSA) is 138 Å². The summed E-state index contributed by atoms with van der Waals surface area (Å²) in [6.45, 7) is 0. The quantitative estimate of drug-likeness (QED) is 0.407. The fraction of sp³-hybridized carbons (Fsp3) is 0.222. The van der Waals surface area contributed by atoms with E-state index >= 15 is 0 Å². The van der Waals surface area contributed by atoms with Crippen molar-refractivity contribution in [1.82, 2.24) is 4.98 Å². The predicted octanol–water partition coefficient (Wildman–Crippen LogP) is 3.02. The lowest BCUT2D eigenvalue weighted by Gasteiger charge is -2.06. The van der Waals surface area contributed by atoms with E-state index in [1.165, 1.54) is 50.6 Å². The molecule has 0 spiro atoms. The molecule has 30 heavy (non-hydrogen) atoms. The zero-order valence-corrected chi connectivity index (χ0v) is 17.6. The molecule has 0 atom stereocenters. The van der Waals surface area contributed by atoms with E-state index in [2.05, 4.69) is 10.3 Å². The minimum atomic E-state index is -3.65. The molecule has 3 rings (SSSR count). The Morgan fingerprint density at radius 1 is 1.20 bits per heavy atom. The first-order valence-corrected chi connectivity index (χ1v) is 11.0. The van der Waals surface area contributed by atoms with Crippen molar-refractivity contribution in [2.45, 2.75) is 11.3 Å². The number of thiazole rings is 1. The van der Waals surface area contributed by atoms with Crippen LogP contribution in [0.2, 0.25) is 0 Å². The largest absolute Gasteiger partial charge is 0.497 e. The Kier molecular flexibility index (Phi) is 6.17. The summed E-state index contributed by atoms with van der Waals surface area (Å²) in [6, 6.07) is 8.47. The lowest BCUT2D eigenvalue weighted by atomic mass is 10.3. The van der Waals surface area contributed by atoms with Crippen LogP contribution < -0.4 is 14.8 Å². The zero-order chi connectivity index (χ0) is 21.9. The molecule has 1 heterocycles. The standard InChI is InChI=1S/C18H17N3O7S2/c1-27-12-3-5-13(6-4-12)30(25,26)8-7-16(22)19-18-20-17-14(28-2)9-11(21(23)24)10-15(17)29-18/h3-6,9-10H,7-8H2,1-2H3,(H,19,20,22). The van der Waals surface area contributed by atoms with Crippen molar-refractivity contribution >= 4 is 48.1 Å². The van der Waals surface area contributed by atoms with Gasteiger partial charge in [-0.2, -0.15) is 0 Å². The number of nitrogens with one attached hydrogen (secondary N) is 1. The second-order valence-electron chi connectivity index (χ2n) is 6.06. The first-order valence-electron chi connectivity index (χ1n) is 8.53. The normalized spacial score (nSPS) is 11.3. The van der Waals surface area contributed by atoms with Gasteiger partial charge in [-0.25, -0.2) is 13.4 Å². The highest BCUT2D eigenvalue weighted by Crippen LogP contribution is 2.36. The van der Waals surface area contributed by atoms with Crippen LogP contribution in [0.15, 0.2) is 41.3 Å². The molecule has 158 valence electrons. The number of carbonyl (C=O) groups is 1. The number of sulfone groups is 1. The highest BCUT2D eigenvalue weighted by Gasteiger charge is 2.19. The maximum Gasteiger partial charge on any atom is 0.274 e. The van der Waals surface area contributed by atoms with Gasteiger partial charge in [0.2, 0.25) is 5.91 Å². The summed E-state index contributed by atoms with van der Waals surface area (Å²) in [5.74, 6) is -0.193. The van der Waals surface area contributed by atoms with Gasteiger partial charge in [-0.1, -0.05) is 11.3 Å². The summed E-state index contributed by atoms with van der Waals surface area (Å²) >= 11 is 1.03. The van der Waals surface area contributed by atoms with Gasteiger partial charge in [0.1, 0.15) is 11.3 Å². The number of anilines is 1. The summed E-state index contributed by atoms with van der Waals surface area (Å²) < 4.78 is 35.4. The maximum atomic E-state index is 12.4. The molecule has 0 aliphatic carbocycles. The number of fused-ring (bicyclic) bond motifs is 1. The summed E-state index contributed by atoms with van der Waals surface area (Å²) in [5.41, 5.74) is 0.209. The van der Waals surface area contributed by atoms with Gasteiger partial charge in [-0.3, -0.25) is 14.9 Å². The second-order valence-corrected chi connectivity index (χ2v) is 9.20. The average molecular weight is 451 g/mol. The summed E-state index contributed by atoms with van der Waals surface area (Å²) in [7, 11) is -0.814. The molecule has 0 unspecified atom stereocenters. The van der Waals surface area contributed by atoms with Crippen LogP contribution in [0.1, 0.15) is 6.42 Å². The van der Waals surface area contributed by atoms with Crippen molar-refractivity contribution in [2.24, 2.45) is 0 Å². The number of amides is 1. The Morgan fingerprint density at radius 3 is 2.50 bits per heavy atom. The van der Waals surface area contributed by atoms with Crippen molar-refractivity contribution < 1.29 is 27.6 Å². The van der Waals surface area contributed by atoms with E-state index < -0.39 is 20.7 Å². The number of nitro benzene ring substituents is 1. The van der Waals surface area contributed by atoms with Crippen LogP contribution in [0, 0.1) is 10.1 Å². The molecule has 2 aromatic carbocycles. The van der Waals surface area contributed by atoms with Crippen molar-refractivity contribution in [2.75, 3.05) is 25.3 Å². The van der Waals surface area contributed by atoms with Crippen molar-refractivity contribution in [3.8, 4) is 11.5 Å². The average Bonchev–Trinajstić information content (AvgIpc) is 3.13. The number of ether oxygens (including phenoxy) is 2. The van der Waals surface area contributed by atoms with Gasteiger partial charge in [0.15, 0.2) is 20.7 Å². The fourth-order valence-electron chi connectivity index (χ4n) is 2.61. The molecule has 0 bridgehead atoms. The number of methoxy groups -OCH3 is 2. The van der Waals surface area contributed by atoms with Crippen molar-refractivity contribution in [3.05, 3.63) is 46.5 Å². The Bertz CT molecular complexity index is 1200. The van der Waals surface area contributed by atoms with Crippen LogP contribution in [0.5, 0.6) is 11.5 Å². The lowest BCUT2D eigenvalue weighted by Crippen LogP contribution is -2.17. The molecule has 1 amide bonds. The van der Waals surface area contributed by atoms with E-state index in [9.17, 15) is 23.3 Å². The fourth-order valence-corrected chi connectivity index (χ4v) is 4.78. The monoisotopic (exact) mass is 451 g/mol. The predicted molar refractivity (Wildman–Crippen MR) is 111 cm³/mol. The third kappa shape index (κ3) is 4.66. The van der Waals surface area contributed by atoms with Gasteiger partial charge < -0.3 is 14.8 Å². The molecule has 0 saturated heterocycles. The van der Waals surface area contributed by atoms with E-state index in [0.29, 0.717) is 16.0 Å². The molecular weight excluding hydrogens is 434 g/mol. The van der Waals surface area contributed by atoms with Crippen LogP contribution >= 0.6 is 11.3 Å². The van der Waals surface area contributed by atoms with Gasteiger partial charge in [-0.05, 0) is 24.3 Å².